The van der Waals surface area contributed by atoms with Gasteiger partial charge in [-0.1, -0.05) is 24.6 Å². The van der Waals surface area contributed by atoms with Crippen LogP contribution in [0.1, 0.15) is 39.5 Å². The largest absolute Gasteiger partial charge is 0.338 e. The van der Waals surface area contributed by atoms with E-state index in [1.807, 2.05) is 0 Å². The number of amides is 3. The van der Waals surface area contributed by atoms with Crippen LogP contribution in [0.5, 0.6) is 0 Å². The minimum absolute atomic E-state index is 0.160. The molecule has 0 aliphatic carbocycles. The molecule has 1 atom stereocenters. The molecule has 3 amide bonds. The van der Waals surface area contributed by atoms with Crippen LogP contribution >= 0.6 is 11.8 Å². The third-order valence-corrected chi connectivity index (χ3v) is 7.09. The highest BCUT2D eigenvalue weighted by Gasteiger charge is 2.25. The van der Waals surface area contributed by atoms with Crippen molar-refractivity contribution in [1.29, 1.82) is 0 Å². The first-order valence-electron chi connectivity index (χ1n) is 9.06. The minimum Gasteiger partial charge on any atom is -0.338 e. The molecule has 1 saturated heterocycles. The lowest BCUT2D eigenvalue weighted by Gasteiger charge is -2.19. The van der Waals surface area contributed by atoms with E-state index in [4.69, 9.17) is 0 Å². The molecule has 2 N–H and O–H groups in total. The third kappa shape index (κ3) is 6.18. The van der Waals surface area contributed by atoms with Gasteiger partial charge in [-0.15, -0.1) is 0 Å². The second-order valence-electron chi connectivity index (χ2n) is 6.26. The first-order valence-corrected chi connectivity index (χ1v) is 11.4. The summed E-state index contributed by atoms with van der Waals surface area (Å²) in [6.07, 6.45) is 5.18. The zero-order valence-electron chi connectivity index (χ0n) is 15.6. The molecule has 27 heavy (non-hydrogen) atoms. The Morgan fingerprint density at radius 1 is 1.22 bits per heavy atom. The van der Waals surface area contributed by atoms with Crippen molar-refractivity contribution < 1.29 is 18.0 Å². The molecule has 1 aliphatic heterocycles. The molecule has 0 unspecified atom stereocenters. The summed E-state index contributed by atoms with van der Waals surface area (Å²) in [5, 5.41) is 4.70. The molecule has 1 fully saturated rings. The average molecular weight is 415 g/mol. The lowest BCUT2D eigenvalue weighted by molar-refractivity contribution is -0.119. The number of rotatable bonds is 6. The molecule has 0 bridgehead atoms. The van der Waals surface area contributed by atoms with E-state index in [0.29, 0.717) is 24.7 Å². The predicted molar refractivity (Wildman–Crippen MR) is 104 cm³/mol. The van der Waals surface area contributed by atoms with Gasteiger partial charge in [-0.2, -0.15) is 4.31 Å². The first-order chi connectivity index (χ1) is 12.8. The third-order valence-electron chi connectivity index (χ3n) is 4.15. The summed E-state index contributed by atoms with van der Waals surface area (Å²) in [4.78, 5) is 27.7. The number of nitrogens with one attached hydrogen (secondary N) is 2. The van der Waals surface area contributed by atoms with E-state index in [2.05, 4.69) is 15.6 Å². The van der Waals surface area contributed by atoms with Gasteiger partial charge in [0.15, 0.2) is 0 Å². The fourth-order valence-electron chi connectivity index (χ4n) is 2.67. The van der Waals surface area contributed by atoms with E-state index in [1.54, 1.807) is 19.9 Å². The maximum atomic E-state index is 12.7. The topological polar surface area (TPSA) is 108 Å². The molecule has 1 aromatic rings. The molecule has 2 heterocycles. The maximum absolute atomic E-state index is 12.7. The smallest absolute Gasteiger partial charge is 0.321 e. The molecule has 0 radical (unpaired) electrons. The van der Waals surface area contributed by atoms with Gasteiger partial charge in [0, 0.05) is 25.8 Å². The zero-order valence-corrected chi connectivity index (χ0v) is 17.2. The Morgan fingerprint density at radius 3 is 2.44 bits per heavy atom. The van der Waals surface area contributed by atoms with Gasteiger partial charge in [-0.05, 0) is 38.8 Å². The second kappa shape index (κ2) is 10.0. The second-order valence-corrected chi connectivity index (χ2v) is 9.56. The van der Waals surface area contributed by atoms with Crippen molar-refractivity contribution in [3.05, 3.63) is 18.3 Å². The van der Waals surface area contributed by atoms with E-state index in [9.17, 15) is 18.0 Å². The molecule has 0 aromatic carbocycles. The number of pyridine rings is 1. The first kappa shape index (κ1) is 21.6. The number of thioether (sulfide) groups is 1. The van der Waals surface area contributed by atoms with Crippen LogP contribution in [-0.4, -0.2) is 54.5 Å². The lowest BCUT2D eigenvalue weighted by Crippen LogP contribution is -2.42. The average Bonchev–Trinajstić information content (AvgIpc) is 2.92. The number of aromatic nitrogens is 1. The Bertz CT molecular complexity index is 745. The van der Waals surface area contributed by atoms with Crippen LogP contribution in [0, 0.1) is 0 Å². The number of carbonyl (C=O) groups excluding carboxylic acids is 2. The summed E-state index contributed by atoms with van der Waals surface area (Å²) in [6, 6.07) is 2.57. The van der Waals surface area contributed by atoms with Crippen LogP contribution in [0.25, 0.3) is 0 Å². The number of sulfonamides is 1. The summed E-state index contributed by atoms with van der Waals surface area (Å²) in [7, 11) is -3.54. The van der Waals surface area contributed by atoms with Crippen LogP contribution in [0.2, 0.25) is 0 Å². The van der Waals surface area contributed by atoms with E-state index in [-0.39, 0.29) is 4.90 Å². The van der Waals surface area contributed by atoms with E-state index < -0.39 is 27.2 Å². The normalized spacial score (nSPS) is 17.0. The number of imide groups is 1. The van der Waals surface area contributed by atoms with Gasteiger partial charge in [-0.25, -0.2) is 18.2 Å². The molecule has 150 valence electrons. The van der Waals surface area contributed by atoms with Crippen LogP contribution in [0.15, 0.2) is 28.3 Å². The van der Waals surface area contributed by atoms with Crippen LogP contribution in [0.3, 0.4) is 0 Å². The van der Waals surface area contributed by atoms with E-state index in [0.717, 1.165) is 37.4 Å². The molecule has 10 heteroatoms. The van der Waals surface area contributed by atoms with Gasteiger partial charge >= 0.3 is 6.03 Å². The van der Waals surface area contributed by atoms with Crippen molar-refractivity contribution in [2.75, 3.05) is 19.6 Å². The quantitative estimate of drug-likeness (QED) is 0.689. The Morgan fingerprint density at radius 2 is 1.89 bits per heavy atom. The van der Waals surface area contributed by atoms with Gasteiger partial charge in [0.05, 0.1) is 10.3 Å². The zero-order chi connectivity index (χ0) is 19.9. The standard InChI is InChI=1S/C17H26N4O4S2/c1-3-18-17(23)20-16(22)13(2)26-15-9-8-14(12-19-15)27(24,25)21-10-6-4-5-7-11-21/h8-9,12-13H,3-7,10-11H2,1-2H3,(H2,18,20,22,23)/t13-/m1/s1. The molecule has 0 saturated carbocycles. The predicted octanol–water partition coefficient (Wildman–Crippen LogP) is 1.97. The Hall–Kier alpha value is -1.65. The SMILES string of the molecule is CCNC(=O)NC(=O)[C@@H](C)Sc1ccc(S(=O)(=O)N2CCCCCC2)cn1. The van der Waals surface area contributed by atoms with Crippen molar-refractivity contribution in [2.45, 2.75) is 54.7 Å². The molecule has 1 aromatic heterocycles. The highest BCUT2D eigenvalue weighted by Crippen LogP contribution is 2.24. The number of carbonyl (C=O) groups is 2. The van der Waals surface area contributed by atoms with Gasteiger partial charge in [0.1, 0.15) is 4.90 Å². The highest BCUT2D eigenvalue weighted by atomic mass is 32.2. The van der Waals surface area contributed by atoms with Gasteiger partial charge < -0.3 is 5.32 Å². The summed E-state index contributed by atoms with van der Waals surface area (Å²) < 4.78 is 27.0. The fourth-order valence-corrected chi connectivity index (χ4v) is 4.92. The Kier molecular flexibility index (Phi) is 8.06. The van der Waals surface area contributed by atoms with Gasteiger partial charge in [0.25, 0.3) is 0 Å². The van der Waals surface area contributed by atoms with E-state index >= 15 is 0 Å². The van der Waals surface area contributed by atoms with Crippen LogP contribution < -0.4 is 10.6 Å². The van der Waals surface area contributed by atoms with Crippen molar-refractivity contribution >= 4 is 33.7 Å². The number of urea groups is 1. The number of hydrogen-bond acceptors (Lipinski definition) is 6. The lowest BCUT2D eigenvalue weighted by atomic mass is 10.2. The minimum atomic E-state index is -3.54. The molecule has 0 spiro atoms. The number of nitrogens with zero attached hydrogens (tertiary/aromatic N) is 2. The maximum Gasteiger partial charge on any atom is 0.321 e. The van der Waals surface area contributed by atoms with Crippen molar-refractivity contribution in [2.24, 2.45) is 0 Å². The van der Waals surface area contributed by atoms with Gasteiger partial charge in [0.2, 0.25) is 15.9 Å². The van der Waals surface area contributed by atoms with Crippen molar-refractivity contribution in [3.8, 4) is 0 Å². The molecular weight excluding hydrogens is 388 g/mol. The highest BCUT2D eigenvalue weighted by molar-refractivity contribution is 8.00. The molecular formula is C17H26N4O4S2. The molecule has 8 nitrogen and oxygen atoms in total. The van der Waals surface area contributed by atoms with Crippen LogP contribution in [-0.2, 0) is 14.8 Å². The van der Waals surface area contributed by atoms with Crippen molar-refractivity contribution in [1.82, 2.24) is 19.9 Å². The number of hydrogen-bond donors (Lipinski definition) is 2. The summed E-state index contributed by atoms with van der Waals surface area (Å²) >= 11 is 1.16. The monoisotopic (exact) mass is 414 g/mol. The Balaban J connectivity index is 1.99. The summed E-state index contributed by atoms with van der Waals surface area (Å²) in [5.41, 5.74) is 0. The summed E-state index contributed by atoms with van der Waals surface area (Å²) in [6.45, 7) is 4.91. The Labute approximate surface area is 164 Å². The van der Waals surface area contributed by atoms with Crippen molar-refractivity contribution in [3.63, 3.8) is 0 Å². The molecule has 2 rings (SSSR count). The molecule has 1 aliphatic rings. The van der Waals surface area contributed by atoms with Gasteiger partial charge in [-0.3, -0.25) is 10.1 Å². The van der Waals surface area contributed by atoms with E-state index in [1.165, 1.54) is 16.6 Å². The summed E-state index contributed by atoms with van der Waals surface area (Å²) in [5.74, 6) is -0.436. The fraction of sp³-hybridized carbons (Fsp3) is 0.588. The van der Waals surface area contributed by atoms with Crippen LogP contribution in [0.4, 0.5) is 4.79 Å².